The van der Waals surface area contributed by atoms with Gasteiger partial charge in [-0.2, -0.15) is 0 Å². The molecule has 0 radical (unpaired) electrons. The Morgan fingerprint density at radius 1 is 0.917 bits per heavy atom. The van der Waals surface area contributed by atoms with E-state index < -0.39 is 7.26 Å². The van der Waals surface area contributed by atoms with Crippen LogP contribution in [-0.2, 0) is 0 Å². The van der Waals surface area contributed by atoms with Gasteiger partial charge in [-0.1, -0.05) is 0 Å². The van der Waals surface area contributed by atoms with Gasteiger partial charge in [0.25, 0.3) is 0 Å². The zero-order valence-electron chi connectivity index (χ0n) is 15.1. The Labute approximate surface area is 147 Å². The van der Waals surface area contributed by atoms with Crippen molar-refractivity contribution in [3.05, 3.63) is 84.2 Å². The number of benzene rings is 2. The van der Waals surface area contributed by atoms with E-state index in [1.807, 2.05) is 0 Å². The standard InChI is InChI=1S/C23H29P/c1-19(2)18-24(21-12-6-4-7-13-21,22-14-8-5-9-15-22)23-16-10-11-20(3)17-23/h4-10,12-17,19-20,24H,11,18H2,1-3H3. The maximum atomic E-state index is 2.55. The summed E-state index contributed by atoms with van der Waals surface area (Å²) in [5, 5.41) is 4.66. The quantitative estimate of drug-likeness (QED) is 0.630. The van der Waals surface area contributed by atoms with E-state index in [4.69, 9.17) is 0 Å². The summed E-state index contributed by atoms with van der Waals surface area (Å²) < 4.78 is 0. The predicted molar refractivity (Wildman–Crippen MR) is 111 cm³/mol. The molecule has 1 aliphatic carbocycles. The summed E-state index contributed by atoms with van der Waals surface area (Å²) in [6, 6.07) is 22.5. The summed E-state index contributed by atoms with van der Waals surface area (Å²) in [4.78, 5) is 0. The molecular weight excluding hydrogens is 307 g/mol. The number of rotatable bonds is 5. The van der Waals surface area contributed by atoms with Gasteiger partial charge in [0.1, 0.15) is 0 Å². The van der Waals surface area contributed by atoms with Crippen molar-refractivity contribution in [1.29, 1.82) is 0 Å². The molecule has 0 amide bonds. The molecule has 0 N–H and O–H groups in total. The van der Waals surface area contributed by atoms with Crippen molar-refractivity contribution in [1.82, 2.24) is 0 Å². The van der Waals surface area contributed by atoms with Gasteiger partial charge < -0.3 is 0 Å². The third kappa shape index (κ3) is 3.40. The fourth-order valence-corrected chi connectivity index (χ4v) is 9.46. The van der Waals surface area contributed by atoms with Crippen LogP contribution in [-0.4, -0.2) is 6.16 Å². The van der Waals surface area contributed by atoms with Crippen molar-refractivity contribution < 1.29 is 0 Å². The zero-order valence-corrected chi connectivity index (χ0v) is 16.1. The van der Waals surface area contributed by atoms with Gasteiger partial charge in [0, 0.05) is 0 Å². The van der Waals surface area contributed by atoms with Gasteiger partial charge in [-0.15, -0.1) is 0 Å². The molecule has 0 spiro atoms. The first kappa shape index (κ1) is 17.2. The van der Waals surface area contributed by atoms with E-state index in [0.29, 0.717) is 11.8 Å². The van der Waals surface area contributed by atoms with Crippen LogP contribution >= 0.6 is 7.26 Å². The number of hydrogen-bond acceptors (Lipinski definition) is 0. The van der Waals surface area contributed by atoms with Gasteiger partial charge in [0.05, 0.1) is 0 Å². The van der Waals surface area contributed by atoms with Gasteiger partial charge in [-0.3, -0.25) is 0 Å². The summed E-state index contributed by atoms with van der Waals surface area (Å²) in [5.74, 6) is 1.31. The van der Waals surface area contributed by atoms with Gasteiger partial charge in [-0.05, 0) is 0 Å². The van der Waals surface area contributed by atoms with E-state index in [-0.39, 0.29) is 0 Å². The first-order chi connectivity index (χ1) is 11.6. The van der Waals surface area contributed by atoms with E-state index in [1.165, 1.54) is 23.2 Å². The Hall–Kier alpha value is -1.65. The molecule has 126 valence electrons. The summed E-state index contributed by atoms with van der Waals surface area (Å²) in [6.07, 6.45) is 9.78. The van der Waals surface area contributed by atoms with E-state index in [9.17, 15) is 0 Å². The zero-order chi connectivity index (χ0) is 17.0. The molecule has 3 rings (SSSR count). The molecule has 1 unspecified atom stereocenters. The van der Waals surface area contributed by atoms with Crippen LogP contribution in [0, 0.1) is 11.8 Å². The molecule has 1 atom stereocenters. The molecule has 0 fully saturated rings. The van der Waals surface area contributed by atoms with Crippen molar-refractivity contribution in [2.45, 2.75) is 27.2 Å². The van der Waals surface area contributed by atoms with Crippen LogP contribution in [0.25, 0.3) is 0 Å². The summed E-state index contributed by atoms with van der Waals surface area (Å²) >= 11 is 0. The molecule has 2 aromatic carbocycles. The summed E-state index contributed by atoms with van der Waals surface area (Å²) in [6.45, 7) is 7.07. The average molecular weight is 336 g/mol. The van der Waals surface area contributed by atoms with E-state index >= 15 is 0 Å². The second kappa shape index (κ2) is 7.49. The minimum atomic E-state index is -1.98. The molecule has 0 saturated carbocycles. The third-order valence-electron chi connectivity index (χ3n) is 5.01. The van der Waals surface area contributed by atoms with Crippen molar-refractivity contribution in [2.24, 2.45) is 11.8 Å². The Morgan fingerprint density at radius 2 is 1.46 bits per heavy atom. The molecule has 0 bridgehead atoms. The normalized spacial score (nSPS) is 18.5. The Morgan fingerprint density at radius 3 is 1.92 bits per heavy atom. The first-order valence-electron chi connectivity index (χ1n) is 9.13. The van der Waals surface area contributed by atoms with E-state index in [2.05, 4.69) is 99.7 Å². The van der Waals surface area contributed by atoms with Crippen LogP contribution in [0.1, 0.15) is 27.2 Å². The van der Waals surface area contributed by atoms with Gasteiger partial charge in [0.15, 0.2) is 0 Å². The fraction of sp³-hybridized carbons (Fsp3) is 0.304. The average Bonchev–Trinajstić information content (AvgIpc) is 2.61. The molecular formula is C23H29P. The molecule has 1 aliphatic rings. The van der Waals surface area contributed by atoms with Crippen LogP contribution in [0.3, 0.4) is 0 Å². The second-order valence-electron chi connectivity index (χ2n) is 7.47. The van der Waals surface area contributed by atoms with Crippen molar-refractivity contribution in [2.75, 3.05) is 6.16 Å². The van der Waals surface area contributed by atoms with Crippen LogP contribution in [0.15, 0.2) is 84.2 Å². The molecule has 24 heavy (non-hydrogen) atoms. The minimum absolute atomic E-state index is 0.636. The molecule has 0 nitrogen and oxygen atoms in total. The monoisotopic (exact) mass is 336 g/mol. The first-order valence-corrected chi connectivity index (χ1v) is 11.3. The Bertz CT molecular complexity index is 671. The van der Waals surface area contributed by atoms with Crippen LogP contribution in [0.4, 0.5) is 0 Å². The van der Waals surface area contributed by atoms with Gasteiger partial charge >= 0.3 is 147 Å². The molecule has 1 heteroatoms. The Balaban J connectivity index is 2.27. The van der Waals surface area contributed by atoms with Crippen molar-refractivity contribution in [3.8, 4) is 0 Å². The number of allylic oxidation sites excluding steroid dienone is 4. The van der Waals surface area contributed by atoms with E-state index in [1.54, 1.807) is 5.31 Å². The summed E-state index contributed by atoms with van der Waals surface area (Å²) in [5.41, 5.74) is 0. The predicted octanol–water partition coefficient (Wildman–Crippen LogP) is 5.52. The van der Waals surface area contributed by atoms with Crippen LogP contribution in [0.2, 0.25) is 0 Å². The molecule has 0 aromatic heterocycles. The van der Waals surface area contributed by atoms with Gasteiger partial charge in [-0.25, -0.2) is 0 Å². The van der Waals surface area contributed by atoms with Crippen LogP contribution < -0.4 is 10.6 Å². The molecule has 0 heterocycles. The van der Waals surface area contributed by atoms with Crippen LogP contribution in [0.5, 0.6) is 0 Å². The Kier molecular flexibility index (Phi) is 5.36. The van der Waals surface area contributed by atoms with E-state index in [0.717, 1.165) is 0 Å². The molecule has 2 aromatic rings. The summed E-state index contributed by atoms with van der Waals surface area (Å²) in [7, 11) is -1.98. The molecule has 0 saturated heterocycles. The SMILES string of the molecule is CC(C)C[PH](C1=CC(C)CC=C1)(c1ccccc1)c1ccccc1. The fourth-order valence-electron chi connectivity index (χ4n) is 4.04. The van der Waals surface area contributed by atoms with Crippen molar-refractivity contribution in [3.63, 3.8) is 0 Å². The van der Waals surface area contributed by atoms with Crippen molar-refractivity contribution >= 4 is 17.9 Å². The molecule has 0 aliphatic heterocycles. The topological polar surface area (TPSA) is 0 Å². The number of hydrogen-bond donors (Lipinski definition) is 0. The van der Waals surface area contributed by atoms with Gasteiger partial charge in [0.2, 0.25) is 0 Å². The maximum absolute atomic E-state index is 2.55. The second-order valence-corrected chi connectivity index (χ2v) is 11.4. The third-order valence-corrected chi connectivity index (χ3v) is 10.4.